The molecule has 0 spiro atoms. The zero-order chi connectivity index (χ0) is 28.5. The Morgan fingerprint density at radius 2 is 1.26 bits per heavy atom. The average Bonchev–Trinajstić information content (AvgIpc) is 2.80. The van der Waals surface area contributed by atoms with Crippen molar-refractivity contribution in [3.8, 4) is 0 Å². The molecule has 0 saturated carbocycles. The summed E-state index contributed by atoms with van der Waals surface area (Å²) in [4.78, 5) is 57.2. The number of carboxylic acid groups (broad SMARTS) is 1. The number of carboxylic acids is 1. The summed E-state index contributed by atoms with van der Waals surface area (Å²) in [5, 5.41) is 11.1. The van der Waals surface area contributed by atoms with Gasteiger partial charge in [0, 0.05) is 27.7 Å². The number of esters is 3. The van der Waals surface area contributed by atoms with Crippen molar-refractivity contribution < 1.29 is 67.0 Å². The summed E-state index contributed by atoms with van der Waals surface area (Å²) in [6, 6.07) is -1.06. The maximum Gasteiger partial charge on any atom is 0.305 e. The molecule has 0 aromatic heterocycles. The van der Waals surface area contributed by atoms with Gasteiger partial charge in [0.05, 0.1) is 52.7 Å². The summed E-state index contributed by atoms with van der Waals surface area (Å²) < 4.78 is 43.2. The van der Waals surface area contributed by atoms with Crippen molar-refractivity contribution in [1.29, 1.82) is 0 Å². The second kappa shape index (κ2) is 18.4. The summed E-state index contributed by atoms with van der Waals surface area (Å²) in [6.07, 6.45) is -4.71. The number of rotatable bonds is 18. The Morgan fingerprint density at radius 3 is 1.76 bits per heavy atom. The Kier molecular flexibility index (Phi) is 16.1. The predicted octanol–water partition coefficient (Wildman–Crippen LogP) is -0.816. The van der Waals surface area contributed by atoms with Gasteiger partial charge >= 0.3 is 23.9 Å². The number of ether oxygens (including phenoxy) is 8. The largest absolute Gasteiger partial charge is 0.481 e. The van der Waals surface area contributed by atoms with Gasteiger partial charge in [0.2, 0.25) is 5.91 Å². The van der Waals surface area contributed by atoms with Crippen LogP contribution in [0.4, 0.5) is 0 Å². The zero-order valence-electron chi connectivity index (χ0n) is 22.0. The lowest BCUT2D eigenvalue weighted by molar-refractivity contribution is -0.279. The van der Waals surface area contributed by atoms with Gasteiger partial charge in [-0.1, -0.05) is 0 Å². The molecule has 1 aliphatic heterocycles. The molecular formula is C23H37NO14. The van der Waals surface area contributed by atoms with E-state index in [9.17, 15) is 24.0 Å². The van der Waals surface area contributed by atoms with E-state index in [2.05, 4.69) is 5.32 Å². The molecule has 218 valence electrons. The van der Waals surface area contributed by atoms with E-state index in [1.807, 2.05) is 0 Å². The van der Waals surface area contributed by atoms with E-state index in [4.69, 9.17) is 43.0 Å². The standard InChI is InChI=1S/C23H37NO14/c1-14(25)24-20-22(37-17(4)28)21(36-16(3)27)18(13-35-15(2)26)38-23(20)34-12-11-33-10-9-32-8-7-31-6-5-19(29)30/h18,20-23H,5-13H2,1-4H3,(H,24,25)(H,29,30)/t18?,20?,21-,22+,23+/m0/s1. The van der Waals surface area contributed by atoms with E-state index >= 15 is 0 Å². The number of amides is 1. The van der Waals surface area contributed by atoms with Crippen LogP contribution in [-0.4, -0.2) is 118 Å². The zero-order valence-corrected chi connectivity index (χ0v) is 22.0. The van der Waals surface area contributed by atoms with Crippen LogP contribution in [0.3, 0.4) is 0 Å². The molecule has 2 N–H and O–H groups in total. The van der Waals surface area contributed by atoms with E-state index in [0.29, 0.717) is 0 Å². The molecule has 1 saturated heterocycles. The maximum absolute atomic E-state index is 11.9. The van der Waals surface area contributed by atoms with Gasteiger partial charge in [-0.2, -0.15) is 0 Å². The Balaban J connectivity index is 2.67. The fourth-order valence-electron chi connectivity index (χ4n) is 3.36. The first-order chi connectivity index (χ1) is 18.0. The fraction of sp³-hybridized carbons (Fsp3) is 0.783. The van der Waals surface area contributed by atoms with Crippen LogP contribution in [0, 0.1) is 0 Å². The molecule has 0 radical (unpaired) electrons. The lowest BCUT2D eigenvalue weighted by Crippen LogP contribution is -2.66. The molecule has 1 rings (SSSR count). The molecule has 0 aromatic carbocycles. The van der Waals surface area contributed by atoms with Crippen molar-refractivity contribution >= 4 is 29.8 Å². The van der Waals surface area contributed by atoms with Crippen LogP contribution >= 0.6 is 0 Å². The molecular weight excluding hydrogens is 514 g/mol. The number of nitrogens with one attached hydrogen (secondary N) is 1. The van der Waals surface area contributed by atoms with Gasteiger partial charge < -0.3 is 48.3 Å². The minimum absolute atomic E-state index is 0.00433. The number of carbonyl (C=O) groups is 5. The molecule has 38 heavy (non-hydrogen) atoms. The smallest absolute Gasteiger partial charge is 0.305 e. The van der Waals surface area contributed by atoms with Gasteiger partial charge in [0.25, 0.3) is 0 Å². The number of hydrogen-bond donors (Lipinski definition) is 2. The first-order valence-corrected chi connectivity index (χ1v) is 12.0. The Hall–Kier alpha value is -2.85. The predicted molar refractivity (Wildman–Crippen MR) is 125 cm³/mol. The maximum atomic E-state index is 11.9. The fourth-order valence-corrected chi connectivity index (χ4v) is 3.36. The van der Waals surface area contributed by atoms with Crippen LogP contribution in [-0.2, 0) is 61.9 Å². The molecule has 5 atom stereocenters. The molecule has 15 nitrogen and oxygen atoms in total. The highest BCUT2D eigenvalue weighted by molar-refractivity contribution is 5.73. The Bertz CT molecular complexity index is 775. The first-order valence-electron chi connectivity index (χ1n) is 12.0. The highest BCUT2D eigenvalue weighted by atomic mass is 16.7. The average molecular weight is 552 g/mol. The van der Waals surface area contributed by atoms with Gasteiger partial charge in [-0.05, 0) is 0 Å². The van der Waals surface area contributed by atoms with E-state index < -0.39 is 60.4 Å². The van der Waals surface area contributed by atoms with Crippen LogP contribution < -0.4 is 5.32 Å². The van der Waals surface area contributed by atoms with Crippen LogP contribution in [0.1, 0.15) is 34.1 Å². The Morgan fingerprint density at radius 1 is 0.737 bits per heavy atom. The van der Waals surface area contributed by atoms with E-state index in [-0.39, 0.29) is 59.3 Å². The van der Waals surface area contributed by atoms with Crippen LogP contribution in [0.25, 0.3) is 0 Å². The number of aliphatic carboxylic acids is 1. The highest BCUT2D eigenvalue weighted by Crippen LogP contribution is 2.28. The van der Waals surface area contributed by atoms with Crippen molar-refractivity contribution in [2.24, 2.45) is 0 Å². The summed E-state index contributed by atoms with van der Waals surface area (Å²) >= 11 is 0. The van der Waals surface area contributed by atoms with Crippen molar-refractivity contribution in [3.63, 3.8) is 0 Å². The van der Waals surface area contributed by atoms with Gasteiger partial charge in [0.15, 0.2) is 18.5 Å². The molecule has 0 aromatic rings. The van der Waals surface area contributed by atoms with Gasteiger partial charge in [-0.3, -0.25) is 24.0 Å². The first kappa shape index (κ1) is 33.2. The van der Waals surface area contributed by atoms with E-state index in [1.165, 1.54) is 13.8 Å². The van der Waals surface area contributed by atoms with Crippen molar-refractivity contribution in [2.45, 2.75) is 64.8 Å². The monoisotopic (exact) mass is 551 g/mol. The van der Waals surface area contributed by atoms with Crippen molar-refractivity contribution in [3.05, 3.63) is 0 Å². The highest BCUT2D eigenvalue weighted by Gasteiger charge is 2.51. The Labute approximate surface area is 220 Å². The summed E-state index contributed by atoms with van der Waals surface area (Å²) in [7, 11) is 0. The summed E-state index contributed by atoms with van der Waals surface area (Å²) in [5.74, 6) is -3.43. The van der Waals surface area contributed by atoms with Crippen LogP contribution in [0.15, 0.2) is 0 Å². The van der Waals surface area contributed by atoms with Crippen LogP contribution in [0.2, 0.25) is 0 Å². The van der Waals surface area contributed by atoms with Gasteiger partial charge in [-0.15, -0.1) is 0 Å². The molecule has 1 fully saturated rings. The SMILES string of the molecule is CC(=O)NC1[C@H](OCCOCCOCCOCCC(=O)O)OC(COC(C)=O)[C@H](OC(C)=O)[C@@H]1OC(C)=O. The molecule has 1 aliphatic rings. The number of carbonyl (C=O) groups excluding carboxylic acids is 4. The minimum Gasteiger partial charge on any atom is -0.481 e. The lowest BCUT2D eigenvalue weighted by Gasteiger charge is -2.44. The lowest BCUT2D eigenvalue weighted by atomic mass is 9.96. The van der Waals surface area contributed by atoms with Crippen molar-refractivity contribution in [2.75, 3.05) is 52.9 Å². The molecule has 1 amide bonds. The van der Waals surface area contributed by atoms with Gasteiger partial charge in [0.1, 0.15) is 18.8 Å². The third-order valence-electron chi connectivity index (χ3n) is 4.79. The second-order valence-corrected chi connectivity index (χ2v) is 8.07. The molecule has 15 heteroatoms. The third-order valence-corrected chi connectivity index (χ3v) is 4.79. The third kappa shape index (κ3) is 14.2. The second-order valence-electron chi connectivity index (χ2n) is 8.07. The number of hydrogen-bond acceptors (Lipinski definition) is 13. The summed E-state index contributed by atoms with van der Waals surface area (Å²) in [6.45, 7) is 5.67. The van der Waals surface area contributed by atoms with E-state index in [0.717, 1.165) is 13.8 Å². The van der Waals surface area contributed by atoms with E-state index in [1.54, 1.807) is 0 Å². The quantitative estimate of drug-likeness (QED) is 0.122. The normalized spacial score (nSPS) is 22.8. The molecule has 2 unspecified atom stereocenters. The van der Waals surface area contributed by atoms with Crippen molar-refractivity contribution in [1.82, 2.24) is 5.32 Å². The van der Waals surface area contributed by atoms with Gasteiger partial charge in [-0.25, -0.2) is 0 Å². The minimum atomic E-state index is -1.20. The summed E-state index contributed by atoms with van der Waals surface area (Å²) in [5.41, 5.74) is 0. The topological polar surface area (TPSA) is 191 Å². The molecule has 0 aliphatic carbocycles. The van der Waals surface area contributed by atoms with Crippen LogP contribution in [0.5, 0.6) is 0 Å². The molecule has 1 heterocycles. The molecule has 0 bridgehead atoms.